The maximum absolute atomic E-state index is 10.0. The number of furan rings is 1. The number of carboxylic acids is 1. The Labute approximate surface area is 232 Å². The maximum Gasteiger partial charge on any atom is 0.303 e. The summed E-state index contributed by atoms with van der Waals surface area (Å²) in [6.07, 6.45) is 16.6. The second kappa shape index (κ2) is 15.2. The topological polar surface area (TPSA) is 53.7 Å². The van der Waals surface area contributed by atoms with Crippen LogP contribution < -0.4 is 0 Å². The summed E-state index contributed by atoms with van der Waals surface area (Å²) in [5.41, 5.74) is 5.21. The van der Waals surface area contributed by atoms with Crippen LogP contribution in [0.2, 0.25) is 0 Å². The van der Waals surface area contributed by atoms with Gasteiger partial charge in [-0.1, -0.05) is 75.4 Å². The number of carbonyl (C=O) groups is 1. The van der Waals surface area contributed by atoms with E-state index in [2.05, 4.69) is 66.4 Å². The third-order valence-corrected chi connectivity index (χ3v) is 8.66. The molecule has 1 aromatic heterocycles. The highest BCUT2D eigenvalue weighted by atomic mass is 32.2. The summed E-state index contributed by atoms with van der Waals surface area (Å²) in [5.74, 6) is 0.430. The van der Waals surface area contributed by atoms with Gasteiger partial charge in [-0.2, -0.15) is 0 Å². The second-order valence-electron chi connectivity index (χ2n) is 10.5. The van der Waals surface area contributed by atoms with Gasteiger partial charge < -0.3 is 9.52 Å². The number of piperidine rings is 1. The molecule has 3 heterocycles. The number of hydrogen-bond donors (Lipinski definition) is 1. The molecule has 0 bridgehead atoms. The Bertz CT molecular complexity index is 1170. The molecular weight excluding hydrogens is 490 g/mol. The van der Waals surface area contributed by atoms with Crippen LogP contribution in [0, 0.1) is 0 Å². The highest BCUT2D eigenvalue weighted by Crippen LogP contribution is 2.37. The molecular formula is C33H43NO3S. The summed E-state index contributed by atoms with van der Waals surface area (Å²) < 4.78 is 5.90. The Kier molecular flexibility index (Phi) is 11.4. The number of unbranched alkanes of at least 4 members (excludes halogenated alkanes) is 4. The van der Waals surface area contributed by atoms with Crippen molar-refractivity contribution in [3.8, 4) is 0 Å². The summed E-state index contributed by atoms with van der Waals surface area (Å²) >= 11 is 1.94. The summed E-state index contributed by atoms with van der Waals surface area (Å²) in [5, 5.41) is 9.55. The minimum absolute atomic E-state index is 0.337. The lowest BCUT2D eigenvalue weighted by molar-refractivity contribution is -0.137. The van der Waals surface area contributed by atoms with Crippen molar-refractivity contribution in [2.75, 3.05) is 18.8 Å². The van der Waals surface area contributed by atoms with E-state index < -0.39 is 5.97 Å². The predicted molar refractivity (Wildman–Crippen MR) is 160 cm³/mol. The molecule has 1 unspecified atom stereocenters. The molecule has 1 saturated heterocycles. The number of aliphatic carboxylic acids is 1. The number of hydrogen-bond acceptors (Lipinski definition) is 4. The van der Waals surface area contributed by atoms with Crippen LogP contribution in [-0.4, -0.2) is 40.9 Å². The SMILES string of the molecule is C1=C(c2coc3ccc(SCCc4ccccc4)cc23)CC2CCCCN2C1.CCCCCCCC(=O)O. The van der Waals surface area contributed by atoms with Gasteiger partial charge in [-0.05, 0) is 68.0 Å². The van der Waals surface area contributed by atoms with E-state index in [1.807, 2.05) is 18.0 Å². The minimum Gasteiger partial charge on any atom is -0.481 e. The van der Waals surface area contributed by atoms with Crippen molar-refractivity contribution in [3.63, 3.8) is 0 Å². The fraction of sp³-hybridized carbons (Fsp3) is 0.485. The lowest BCUT2D eigenvalue weighted by atomic mass is 9.89. The summed E-state index contributed by atoms with van der Waals surface area (Å²) in [6.45, 7) is 4.51. The van der Waals surface area contributed by atoms with E-state index in [0.717, 1.165) is 43.2 Å². The monoisotopic (exact) mass is 533 g/mol. The smallest absolute Gasteiger partial charge is 0.303 e. The van der Waals surface area contributed by atoms with Crippen LogP contribution >= 0.6 is 11.8 Å². The molecule has 0 amide bonds. The van der Waals surface area contributed by atoms with Gasteiger partial charge in [-0.3, -0.25) is 9.69 Å². The molecule has 204 valence electrons. The summed E-state index contributed by atoms with van der Waals surface area (Å²) in [6, 6.07) is 18.1. The quantitative estimate of drug-likeness (QED) is 0.197. The fourth-order valence-electron chi connectivity index (χ4n) is 5.47. The van der Waals surface area contributed by atoms with Crippen molar-refractivity contribution in [1.29, 1.82) is 0 Å². The van der Waals surface area contributed by atoms with Crippen LogP contribution in [0.25, 0.3) is 16.5 Å². The molecule has 0 saturated carbocycles. The number of thioether (sulfide) groups is 1. The van der Waals surface area contributed by atoms with E-state index in [4.69, 9.17) is 9.52 Å². The molecule has 2 aromatic carbocycles. The first-order chi connectivity index (χ1) is 18.6. The Morgan fingerprint density at radius 1 is 1.08 bits per heavy atom. The van der Waals surface area contributed by atoms with Crippen molar-refractivity contribution >= 4 is 34.3 Å². The number of nitrogens with zero attached hydrogens (tertiary/aromatic N) is 1. The van der Waals surface area contributed by atoms with Crippen molar-refractivity contribution < 1.29 is 14.3 Å². The van der Waals surface area contributed by atoms with E-state index in [1.54, 1.807) is 0 Å². The molecule has 0 spiro atoms. The van der Waals surface area contributed by atoms with Crippen LogP contribution in [0.1, 0.15) is 82.3 Å². The molecule has 3 aromatic rings. The minimum atomic E-state index is -0.670. The van der Waals surface area contributed by atoms with Crippen molar-refractivity contribution in [2.24, 2.45) is 0 Å². The number of rotatable bonds is 11. The second-order valence-corrected chi connectivity index (χ2v) is 11.7. The Hall–Kier alpha value is -2.50. The van der Waals surface area contributed by atoms with Gasteiger partial charge in [0.05, 0.1) is 6.26 Å². The molecule has 1 atom stereocenters. The molecule has 2 aliphatic rings. The summed E-state index contributed by atoms with van der Waals surface area (Å²) in [4.78, 5) is 14.0. The van der Waals surface area contributed by atoms with E-state index in [9.17, 15) is 4.79 Å². The lowest BCUT2D eigenvalue weighted by Gasteiger charge is -2.38. The molecule has 5 rings (SSSR count). The zero-order valence-electron chi connectivity index (χ0n) is 22.9. The number of benzene rings is 2. The first-order valence-electron chi connectivity index (χ1n) is 14.5. The molecule has 38 heavy (non-hydrogen) atoms. The zero-order valence-corrected chi connectivity index (χ0v) is 23.7. The van der Waals surface area contributed by atoms with Crippen molar-refractivity contribution in [1.82, 2.24) is 4.90 Å². The number of carboxylic acid groups (broad SMARTS) is 1. The molecule has 1 fully saturated rings. The fourth-order valence-corrected chi connectivity index (χ4v) is 6.41. The first-order valence-corrected chi connectivity index (χ1v) is 15.5. The average molecular weight is 534 g/mol. The molecule has 0 aliphatic carbocycles. The van der Waals surface area contributed by atoms with Crippen LogP contribution in [0.15, 0.2) is 70.2 Å². The lowest BCUT2D eigenvalue weighted by Crippen LogP contribution is -2.41. The third kappa shape index (κ3) is 8.51. The highest BCUT2D eigenvalue weighted by Gasteiger charge is 2.27. The highest BCUT2D eigenvalue weighted by molar-refractivity contribution is 7.99. The average Bonchev–Trinajstić information content (AvgIpc) is 3.37. The van der Waals surface area contributed by atoms with Crippen LogP contribution in [0.3, 0.4) is 0 Å². The third-order valence-electron chi connectivity index (χ3n) is 7.66. The Morgan fingerprint density at radius 3 is 2.74 bits per heavy atom. The standard InChI is InChI=1S/C25H27NOS.C8H16O2/c1-2-6-19(7-3-1)12-15-28-22-9-10-25-23(17-22)24(18-27-25)20-11-14-26-13-5-4-8-21(26)16-20;1-2-3-4-5-6-7-8(9)10/h1-3,6-7,9-11,17-18,21H,4-5,8,12-16H2;2-7H2,1H3,(H,9,10). The van der Waals surface area contributed by atoms with E-state index in [0.29, 0.717) is 6.42 Å². The van der Waals surface area contributed by atoms with Gasteiger partial charge in [0.2, 0.25) is 0 Å². The van der Waals surface area contributed by atoms with Crippen LogP contribution in [-0.2, 0) is 11.2 Å². The van der Waals surface area contributed by atoms with Gasteiger partial charge in [-0.15, -0.1) is 11.8 Å². The first kappa shape index (κ1) is 28.5. The van der Waals surface area contributed by atoms with Gasteiger partial charge in [0, 0.05) is 40.6 Å². The van der Waals surface area contributed by atoms with Crippen molar-refractivity contribution in [3.05, 3.63) is 72.0 Å². The zero-order chi connectivity index (χ0) is 26.6. The molecule has 2 aliphatic heterocycles. The van der Waals surface area contributed by atoms with E-state index in [1.165, 1.54) is 78.5 Å². The van der Waals surface area contributed by atoms with Gasteiger partial charge >= 0.3 is 5.97 Å². The normalized spacial score (nSPS) is 17.4. The maximum atomic E-state index is 10.0. The Morgan fingerprint density at radius 2 is 1.92 bits per heavy atom. The van der Waals surface area contributed by atoms with Gasteiger partial charge in [0.15, 0.2) is 0 Å². The largest absolute Gasteiger partial charge is 0.481 e. The van der Waals surface area contributed by atoms with E-state index in [-0.39, 0.29) is 0 Å². The van der Waals surface area contributed by atoms with Gasteiger partial charge in [-0.25, -0.2) is 0 Å². The van der Waals surface area contributed by atoms with Crippen LogP contribution in [0.4, 0.5) is 0 Å². The number of fused-ring (bicyclic) bond motifs is 2. The predicted octanol–water partition coefficient (Wildman–Crippen LogP) is 8.84. The van der Waals surface area contributed by atoms with E-state index >= 15 is 0 Å². The molecule has 1 N–H and O–H groups in total. The number of aryl methyl sites for hydroxylation is 1. The molecule has 4 nitrogen and oxygen atoms in total. The van der Waals surface area contributed by atoms with Gasteiger partial charge in [0.25, 0.3) is 0 Å². The Balaban J connectivity index is 0.000000289. The van der Waals surface area contributed by atoms with Crippen molar-refractivity contribution in [2.45, 2.75) is 88.5 Å². The molecule has 0 radical (unpaired) electrons. The van der Waals surface area contributed by atoms with Crippen LogP contribution in [0.5, 0.6) is 0 Å². The summed E-state index contributed by atoms with van der Waals surface area (Å²) in [7, 11) is 0. The van der Waals surface area contributed by atoms with Gasteiger partial charge in [0.1, 0.15) is 5.58 Å². The molecule has 5 heteroatoms.